The van der Waals surface area contributed by atoms with Gasteiger partial charge in [0.1, 0.15) is 0 Å². The summed E-state index contributed by atoms with van der Waals surface area (Å²) in [5.41, 5.74) is -0.266. The average Bonchev–Trinajstić information content (AvgIpc) is 1.76. The van der Waals surface area contributed by atoms with Crippen molar-refractivity contribution in [3.63, 3.8) is 0 Å². The summed E-state index contributed by atoms with van der Waals surface area (Å²) in [7, 11) is 0. The predicted octanol–water partition coefficient (Wildman–Crippen LogP) is 1.03. The van der Waals surface area contributed by atoms with Crippen LogP contribution in [0.3, 0.4) is 0 Å². The summed E-state index contributed by atoms with van der Waals surface area (Å²) in [6, 6.07) is 0. The van der Waals surface area contributed by atoms with Crippen molar-refractivity contribution in [2.75, 3.05) is 13.1 Å². The van der Waals surface area contributed by atoms with Crippen LogP contribution in [0.2, 0.25) is 0 Å². The van der Waals surface area contributed by atoms with Crippen molar-refractivity contribution in [2.45, 2.75) is 39.7 Å². The second-order valence-electron chi connectivity index (χ2n) is 4.62. The van der Waals surface area contributed by atoms with Crippen molar-refractivity contribution < 1.29 is 9.84 Å². The predicted molar refractivity (Wildman–Crippen MR) is 47.6 cm³/mol. The van der Waals surface area contributed by atoms with Gasteiger partial charge in [-0.15, -0.1) is 0 Å². The first-order valence-corrected chi connectivity index (χ1v) is 4.48. The van der Waals surface area contributed by atoms with E-state index in [4.69, 9.17) is 4.74 Å². The van der Waals surface area contributed by atoms with E-state index in [1.54, 1.807) is 0 Å². The largest absolute Gasteiger partial charge is 0.356 e. The van der Waals surface area contributed by atoms with Crippen LogP contribution >= 0.6 is 0 Å². The fraction of sp³-hybridized carbons (Fsp3) is 1.00. The lowest BCUT2D eigenvalue weighted by atomic mass is 10.0. The summed E-state index contributed by atoms with van der Waals surface area (Å²) < 4.78 is 5.37. The van der Waals surface area contributed by atoms with Gasteiger partial charge >= 0.3 is 0 Å². The molecule has 0 aromatic heterocycles. The third kappa shape index (κ3) is 2.73. The van der Waals surface area contributed by atoms with Gasteiger partial charge in [0.15, 0.2) is 0 Å². The molecule has 1 fully saturated rings. The molecular formula is C9H19NO2. The molecule has 3 nitrogen and oxygen atoms in total. The quantitative estimate of drug-likeness (QED) is 0.633. The summed E-state index contributed by atoms with van der Waals surface area (Å²) in [6.45, 7) is 9.88. The third-order valence-electron chi connectivity index (χ3n) is 1.86. The van der Waals surface area contributed by atoms with E-state index in [1.807, 2.05) is 25.7 Å². The Kier molecular flexibility index (Phi) is 2.76. The van der Waals surface area contributed by atoms with Crippen LogP contribution in [0.5, 0.6) is 0 Å². The maximum Gasteiger partial charge on any atom is 0.216 e. The first-order chi connectivity index (χ1) is 5.38. The second kappa shape index (κ2) is 3.32. The van der Waals surface area contributed by atoms with Gasteiger partial charge in [-0.25, -0.2) is 0 Å². The molecule has 0 bridgehead atoms. The SMILES string of the molecule is CC1CN(C(O)OC(C)(C)C)C1. The van der Waals surface area contributed by atoms with E-state index in [0.717, 1.165) is 13.1 Å². The van der Waals surface area contributed by atoms with Crippen LogP contribution in [0.25, 0.3) is 0 Å². The highest BCUT2D eigenvalue weighted by Gasteiger charge is 2.30. The molecule has 12 heavy (non-hydrogen) atoms. The summed E-state index contributed by atoms with van der Waals surface area (Å²) in [5, 5.41) is 9.53. The molecule has 1 aliphatic heterocycles. The number of aliphatic hydroxyl groups excluding tert-OH is 1. The Bertz CT molecular complexity index is 147. The molecule has 0 amide bonds. The normalized spacial score (nSPS) is 23.8. The molecule has 0 aromatic carbocycles. The Labute approximate surface area is 74.3 Å². The van der Waals surface area contributed by atoms with Crippen LogP contribution in [0.4, 0.5) is 0 Å². The smallest absolute Gasteiger partial charge is 0.216 e. The Morgan fingerprint density at radius 1 is 1.42 bits per heavy atom. The zero-order valence-electron chi connectivity index (χ0n) is 8.37. The summed E-state index contributed by atoms with van der Waals surface area (Å²) >= 11 is 0. The highest BCUT2D eigenvalue weighted by Crippen LogP contribution is 2.20. The zero-order chi connectivity index (χ0) is 9.35. The van der Waals surface area contributed by atoms with E-state index in [2.05, 4.69) is 6.92 Å². The molecule has 72 valence electrons. The number of rotatable bonds is 2. The van der Waals surface area contributed by atoms with E-state index in [-0.39, 0.29) is 5.60 Å². The summed E-state index contributed by atoms with van der Waals surface area (Å²) in [6.07, 6.45) is -0.721. The average molecular weight is 173 g/mol. The lowest BCUT2D eigenvalue weighted by molar-refractivity contribution is -0.260. The van der Waals surface area contributed by atoms with Crippen LogP contribution in [-0.4, -0.2) is 35.1 Å². The van der Waals surface area contributed by atoms with Gasteiger partial charge in [0.05, 0.1) is 5.60 Å². The first-order valence-electron chi connectivity index (χ1n) is 4.48. The monoisotopic (exact) mass is 173 g/mol. The topological polar surface area (TPSA) is 32.7 Å². The number of nitrogens with zero attached hydrogens (tertiary/aromatic N) is 1. The van der Waals surface area contributed by atoms with Crippen molar-refractivity contribution >= 4 is 0 Å². The van der Waals surface area contributed by atoms with Crippen LogP contribution in [0.15, 0.2) is 0 Å². The first kappa shape index (κ1) is 9.96. The third-order valence-corrected chi connectivity index (χ3v) is 1.86. The summed E-state index contributed by atoms with van der Waals surface area (Å²) in [5.74, 6) is 0.697. The van der Waals surface area contributed by atoms with Crippen LogP contribution in [0, 0.1) is 5.92 Å². The summed E-state index contributed by atoms with van der Waals surface area (Å²) in [4.78, 5) is 1.93. The van der Waals surface area contributed by atoms with E-state index in [0.29, 0.717) is 5.92 Å². The van der Waals surface area contributed by atoms with Gasteiger partial charge in [-0.3, -0.25) is 4.90 Å². The van der Waals surface area contributed by atoms with Gasteiger partial charge in [-0.05, 0) is 26.7 Å². The zero-order valence-corrected chi connectivity index (χ0v) is 8.37. The van der Waals surface area contributed by atoms with Gasteiger partial charge in [0.25, 0.3) is 0 Å². The number of likely N-dealkylation sites (tertiary alicyclic amines) is 1. The van der Waals surface area contributed by atoms with Crippen molar-refractivity contribution in [1.82, 2.24) is 4.90 Å². The van der Waals surface area contributed by atoms with Crippen molar-refractivity contribution in [3.05, 3.63) is 0 Å². The van der Waals surface area contributed by atoms with E-state index >= 15 is 0 Å². The number of ether oxygens (including phenoxy) is 1. The number of hydrogen-bond acceptors (Lipinski definition) is 3. The van der Waals surface area contributed by atoms with Crippen LogP contribution in [-0.2, 0) is 4.74 Å². The molecule has 1 atom stereocenters. The Hall–Kier alpha value is -0.120. The molecule has 1 heterocycles. The van der Waals surface area contributed by atoms with Crippen molar-refractivity contribution in [1.29, 1.82) is 0 Å². The molecule has 1 saturated heterocycles. The van der Waals surface area contributed by atoms with Crippen LogP contribution in [0.1, 0.15) is 27.7 Å². The van der Waals surface area contributed by atoms with Crippen molar-refractivity contribution in [2.24, 2.45) is 5.92 Å². The van der Waals surface area contributed by atoms with E-state index in [1.165, 1.54) is 0 Å². The van der Waals surface area contributed by atoms with Crippen LogP contribution < -0.4 is 0 Å². The fourth-order valence-corrected chi connectivity index (χ4v) is 1.32. The van der Waals surface area contributed by atoms with E-state index < -0.39 is 6.41 Å². The van der Waals surface area contributed by atoms with Gasteiger partial charge < -0.3 is 9.84 Å². The molecule has 0 saturated carbocycles. The Morgan fingerprint density at radius 3 is 2.25 bits per heavy atom. The van der Waals surface area contributed by atoms with Gasteiger partial charge in [0.2, 0.25) is 6.41 Å². The maximum atomic E-state index is 9.53. The molecular weight excluding hydrogens is 154 g/mol. The molecule has 0 radical (unpaired) electrons. The number of hydrogen-bond donors (Lipinski definition) is 1. The second-order valence-corrected chi connectivity index (χ2v) is 4.62. The maximum absolute atomic E-state index is 9.53. The minimum atomic E-state index is -0.721. The standard InChI is InChI=1S/C9H19NO2/c1-7-5-10(6-7)8(11)12-9(2,3)4/h7-8,11H,5-6H2,1-4H3. The molecule has 1 unspecified atom stereocenters. The molecule has 0 aliphatic carbocycles. The lowest BCUT2D eigenvalue weighted by Gasteiger charge is -2.41. The molecule has 1 N–H and O–H groups in total. The highest BCUT2D eigenvalue weighted by molar-refractivity contribution is 4.76. The van der Waals surface area contributed by atoms with E-state index in [9.17, 15) is 5.11 Å². The minimum absolute atomic E-state index is 0.266. The van der Waals surface area contributed by atoms with Gasteiger partial charge in [-0.1, -0.05) is 6.92 Å². The Balaban J connectivity index is 2.25. The lowest BCUT2D eigenvalue weighted by Crippen LogP contribution is -2.53. The van der Waals surface area contributed by atoms with Gasteiger partial charge in [-0.2, -0.15) is 0 Å². The highest BCUT2D eigenvalue weighted by atomic mass is 16.6. The van der Waals surface area contributed by atoms with Crippen molar-refractivity contribution in [3.8, 4) is 0 Å². The molecule has 0 aromatic rings. The minimum Gasteiger partial charge on any atom is -0.356 e. The molecule has 3 heteroatoms. The number of aliphatic hydroxyl groups is 1. The van der Waals surface area contributed by atoms with Gasteiger partial charge in [0, 0.05) is 13.1 Å². The molecule has 1 rings (SSSR count). The fourth-order valence-electron chi connectivity index (χ4n) is 1.32. The molecule has 0 spiro atoms. The molecule has 1 aliphatic rings. The Morgan fingerprint density at radius 2 is 1.92 bits per heavy atom.